The highest BCUT2D eigenvalue weighted by Gasteiger charge is 2.28. The van der Waals surface area contributed by atoms with Crippen molar-refractivity contribution in [2.45, 2.75) is 158 Å². The molecule has 3 saturated carbocycles. The summed E-state index contributed by atoms with van der Waals surface area (Å²) in [5, 5.41) is 0. The quantitative estimate of drug-likeness (QED) is 0.399. The van der Waals surface area contributed by atoms with Crippen molar-refractivity contribution in [3.05, 3.63) is 0 Å². The molecule has 0 nitrogen and oxygen atoms in total. The average molecular weight is 423 g/mol. The van der Waals surface area contributed by atoms with Crippen LogP contribution >= 0.6 is 0 Å². The number of rotatable bonds is 6. The first kappa shape index (κ1) is 30.0. The second kappa shape index (κ2) is 19.7. The van der Waals surface area contributed by atoms with Crippen molar-refractivity contribution >= 4 is 0 Å². The zero-order chi connectivity index (χ0) is 22.8. The Morgan fingerprint density at radius 2 is 0.500 bits per heavy atom. The monoisotopic (exact) mass is 422 g/mol. The van der Waals surface area contributed by atoms with Gasteiger partial charge in [0.25, 0.3) is 0 Å². The SMILES string of the molecule is CC.CC.CC.CCC1CCC(CC2CCC(CC3CCC(CC)CC3)CC2)CC1. The van der Waals surface area contributed by atoms with Crippen molar-refractivity contribution < 1.29 is 0 Å². The standard InChI is InChI=1S/C24H44.3C2H6/c1-3-19-5-9-21(10-6-19)17-23-13-15-24(16-14-23)18-22-11-7-20(4-2)8-12-22;3*1-2/h19-24H,3-18H2,1-2H3;3*1-2H3. The van der Waals surface area contributed by atoms with E-state index in [0.29, 0.717) is 0 Å². The molecule has 0 saturated heterocycles. The maximum Gasteiger partial charge on any atom is -0.0411 e. The third kappa shape index (κ3) is 11.6. The second-order valence-corrected chi connectivity index (χ2v) is 9.95. The predicted molar refractivity (Wildman–Crippen MR) is 140 cm³/mol. The first-order valence-electron chi connectivity index (χ1n) is 14.8. The minimum absolute atomic E-state index is 1.07. The van der Waals surface area contributed by atoms with Crippen molar-refractivity contribution in [2.75, 3.05) is 0 Å². The van der Waals surface area contributed by atoms with Gasteiger partial charge in [-0.15, -0.1) is 0 Å². The molecule has 0 bridgehead atoms. The highest BCUT2D eigenvalue weighted by molar-refractivity contribution is 4.81. The minimum atomic E-state index is 1.07. The fraction of sp³-hybridized carbons (Fsp3) is 1.00. The van der Waals surface area contributed by atoms with Gasteiger partial charge in [-0.05, 0) is 48.3 Å². The van der Waals surface area contributed by atoms with E-state index in [9.17, 15) is 0 Å². The summed E-state index contributed by atoms with van der Waals surface area (Å²) in [6, 6.07) is 0. The predicted octanol–water partition coefficient (Wildman–Crippen LogP) is 11.1. The van der Waals surface area contributed by atoms with Crippen molar-refractivity contribution in [3.8, 4) is 0 Å². The van der Waals surface area contributed by atoms with Crippen molar-refractivity contribution in [1.29, 1.82) is 0 Å². The van der Waals surface area contributed by atoms with Crippen LogP contribution in [0.15, 0.2) is 0 Å². The van der Waals surface area contributed by atoms with Crippen LogP contribution in [0.25, 0.3) is 0 Å². The molecule has 30 heavy (non-hydrogen) atoms. The topological polar surface area (TPSA) is 0 Å². The molecular formula is C30H62. The third-order valence-electron chi connectivity index (χ3n) is 8.39. The van der Waals surface area contributed by atoms with Gasteiger partial charge in [-0.2, -0.15) is 0 Å². The molecule has 3 fully saturated rings. The van der Waals surface area contributed by atoms with Gasteiger partial charge in [-0.3, -0.25) is 0 Å². The molecule has 0 radical (unpaired) electrons. The van der Waals surface area contributed by atoms with Crippen LogP contribution in [0.3, 0.4) is 0 Å². The van der Waals surface area contributed by atoms with Crippen molar-refractivity contribution in [1.82, 2.24) is 0 Å². The summed E-state index contributed by atoms with van der Waals surface area (Å²) < 4.78 is 0. The van der Waals surface area contributed by atoms with Crippen LogP contribution in [-0.4, -0.2) is 0 Å². The normalized spacial score (nSPS) is 33.6. The zero-order valence-corrected chi connectivity index (χ0v) is 22.8. The molecule has 0 aromatic rings. The molecule has 0 spiro atoms. The van der Waals surface area contributed by atoms with Crippen LogP contribution in [0.1, 0.15) is 158 Å². The van der Waals surface area contributed by atoms with Crippen molar-refractivity contribution in [3.63, 3.8) is 0 Å². The van der Waals surface area contributed by atoms with Gasteiger partial charge < -0.3 is 0 Å². The summed E-state index contributed by atoms with van der Waals surface area (Å²) in [6.07, 6.45) is 24.7. The van der Waals surface area contributed by atoms with E-state index >= 15 is 0 Å². The molecule has 0 N–H and O–H groups in total. The van der Waals surface area contributed by atoms with Gasteiger partial charge in [0.15, 0.2) is 0 Å². The van der Waals surface area contributed by atoms with E-state index in [1.165, 1.54) is 38.5 Å². The molecule has 0 amide bonds. The van der Waals surface area contributed by atoms with Crippen LogP contribution in [0.2, 0.25) is 0 Å². The van der Waals surface area contributed by atoms with Gasteiger partial charge >= 0.3 is 0 Å². The Labute approximate surface area is 193 Å². The highest BCUT2D eigenvalue weighted by Crippen LogP contribution is 2.42. The lowest BCUT2D eigenvalue weighted by Gasteiger charge is -2.36. The second-order valence-electron chi connectivity index (χ2n) is 9.95. The maximum absolute atomic E-state index is 2.39. The van der Waals surface area contributed by atoms with E-state index in [4.69, 9.17) is 0 Å². The van der Waals surface area contributed by atoms with E-state index in [0.717, 1.165) is 35.5 Å². The Morgan fingerprint density at radius 1 is 0.333 bits per heavy atom. The molecule has 0 aromatic carbocycles. The average Bonchev–Trinajstić information content (AvgIpc) is 2.85. The number of hydrogen-bond donors (Lipinski definition) is 0. The van der Waals surface area contributed by atoms with E-state index in [2.05, 4.69) is 13.8 Å². The molecule has 0 unspecified atom stereocenters. The lowest BCUT2D eigenvalue weighted by Crippen LogP contribution is -2.23. The molecule has 3 aliphatic rings. The summed E-state index contributed by atoms with van der Waals surface area (Å²) in [5.74, 6) is 6.53. The lowest BCUT2D eigenvalue weighted by molar-refractivity contribution is 0.163. The molecular weight excluding hydrogens is 360 g/mol. The van der Waals surface area contributed by atoms with Gasteiger partial charge in [-0.1, -0.05) is 145 Å². The van der Waals surface area contributed by atoms with Crippen LogP contribution < -0.4 is 0 Å². The largest absolute Gasteiger partial charge is 0.0683 e. The molecule has 3 aliphatic carbocycles. The van der Waals surface area contributed by atoms with Crippen LogP contribution in [0.5, 0.6) is 0 Å². The fourth-order valence-electron chi connectivity index (χ4n) is 6.40. The molecule has 3 rings (SSSR count). The first-order chi connectivity index (χ1) is 14.8. The minimum Gasteiger partial charge on any atom is -0.0683 e. The van der Waals surface area contributed by atoms with Crippen LogP contribution in [-0.2, 0) is 0 Å². The summed E-state index contributed by atoms with van der Waals surface area (Å²) in [6.45, 7) is 16.8. The van der Waals surface area contributed by atoms with Gasteiger partial charge in [0.2, 0.25) is 0 Å². The Kier molecular flexibility index (Phi) is 19.7. The van der Waals surface area contributed by atoms with Gasteiger partial charge in [-0.25, -0.2) is 0 Å². The maximum atomic E-state index is 2.39. The Balaban J connectivity index is 0.00000129. The summed E-state index contributed by atoms with van der Waals surface area (Å²) in [5.41, 5.74) is 0. The molecule has 0 aliphatic heterocycles. The molecule has 182 valence electrons. The Bertz CT molecular complexity index is 288. The fourth-order valence-corrected chi connectivity index (χ4v) is 6.40. The lowest BCUT2D eigenvalue weighted by atomic mass is 9.70. The Morgan fingerprint density at radius 3 is 0.667 bits per heavy atom. The van der Waals surface area contributed by atoms with Crippen LogP contribution in [0, 0.1) is 35.5 Å². The van der Waals surface area contributed by atoms with E-state index in [1.807, 2.05) is 41.5 Å². The smallest absolute Gasteiger partial charge is 0.0411 e. The molecule has 0 heterocycles. The van der Waals surface area contributed by atoms with E-state index in [1.54, 1.807) is 64.2 Å². The van der Waals surface area contributed by atoms with Gasteiger partial charge in [0.1, 0.15) is 0 Å². The molecule has 0 aromatic heterocycles. The summed E-state index contributed by atoms with van der Waals surface area (Å²) in [7, 11) is 0. The molecule has 0 atom stereocenters. The summed E-state index contributed by atoms with van der Waals surface area (Å²) >= 11 is 0. The van der Waals surface area contributed by atoms with E-state index in [-0.39, 0.29) is 0 Å². The summed E-state index contributed by atoms with van der Waals surface area (Å²) in [4.78, 5) is 0. The molecule has 0 heteroatoms. The van der Waals surface area contributed by atoms with Gasteiger partial charge in [0.05, 0.1) is 0 Å². The van der Waals surface area contributed by atoms with Crippen LogP contribution in [0.4, 0.5) is 0 Å². The van der Waals surface area contributed by atoms with Crippen molar-refractivity contribution in [2.24, 2.45) is 35.5 Å². The number of hydrogen-bond acceptors (Lipinski definition) is 0. The first-order valence-corrected chi connectivity index (χ1v) is 14.8. The highest BCUT2D eigenvalue weighted by atomic mass is 14.3. The third-order valence-corrected chi connectivity index (χ3v) is 8.39. The Hall–Kier alpha value is 0. The van der Waals surface area contributed by atoms with Gasteiger partial charge in [0, 0.05) is 0 Å². The van der Waals surface area contributed by atoms with E-state index < -0.39 is 0 Å². The zero-order valence-electron chi connectivity index (χ0n) is 22.8.